The SMILES string of the molecule is CCCCCc1ccc([C@H]2CC[C@H](CC[C@H]3CC[C@H](C=CC=C(F)C#N)CC3)CC2)cc1. The zero-order chi connectivity index (χ0) is 22.6. The molecular formula is C30H42FN. The second-order valence-corrected chi connectivity index (χ2v) is 10.3. The van der Waals surface area contributed by atoms with Crippen molar-refractivity contribution in [1.82, 2.24) is 0 Å². The van der Waals surface area contributed by atoms with Crippen molar-refractivity contribution in [2.24, 2.45) is 17.8 Å². The van der Waals surface area contributed by atoms with Crippen LogP contribution in [0.2, 0.25) is 0 Å². The summed E-state index contributed by atoms with van der Waals surface area (Å²) in [6.07, 6.45) is 23.6. The predicted molar refractivity (Wildman–Crippen MR) is 133 cm³/mol. The average Bonchev–Trinajstić information content (AvgIpc) is 2.84. The molecule has 0 spiro atoms. The van der Waals surface area contributed by atoms with Gasteiger partial charge in [-0.15, -0.1) is 0 Å². The normalized spacial score (nSPS) is 26.8. The largest absolute Gasteiger partial charge is 0.199 e. The molecule has 2 heteroatoms. The molecule has 0 saturated heterocycles. The Morgan fingerprint density at radius 1 is 0.938 bits per heavy atom. The molecule has 2 aliphatic carbocycles. The minimum atomic E-state index is -0.705. The van der Waals surface area contributed by atoms with Gasteiger partial charge in [-0.25, -0.2) is 0 Å². The molecule has 0 atom stereocenters. The van der Waals surface area contributed by atoms with Crippen LogP contribution in [0.1, 0.15) is 107 Å². The quantitative estimate of drug-likeness (QED) is 0.204. The highest BCUT2D eigenvalue weighted by Gasteiger charge is 2.24. The summed E-state index contributed by atoms with van der Waals surface area (Å²) in [5.74, 6) is 2.44. The lowest BCUT2D eigenvalue weighted by atomic mass is 9.74. The van der Waals surface area contributed by atoms with Crippen LogP contribution in [0.3, 0.4) is 0 Å². The van der Waals surface area contributed by atoms with Crippen LogP contribution in [0.25, 0.3) is 0 Å². The molecule has 3 rings (SSSR count). The van der Waals surface area contributed by atoms with E-state index in [0.717, 1.165) is 17.8 Å². The van der Waals surface area contributed by atoms with Gasteiger partial charge in [-0.05, 0) is 105 Å². The van der Waals surface area contributed by atoms with E-state index in [4.69, 9.17) is 5.26 Å². The molecule has 1 aromatic rings. The predicted octanol–water partition coefficient (Wildman–Crippen LogP) is 9.21. The fourth-order valence-electron chi connectivity index (χ4n) is 5.80. The van der Waals surface area contributed by atoms with Gasteiger partial charge in [0.2, 0.25) is 0 Å². The summed E-state index contributed by atoms with van der Waals surface area (Å²) in [6.45, 7) is 2.27. The van der Waals surface area contributed by atoms with E-state index >= 15 is 0 Å². The van der Waals surface area contributed by atoms with E-state index in [1.165, 1.54) is 108 Å². The van der Waals surface area contributed by atoms with Crippen molar-refractivity contribution in [3.63, 3.8) is 0 Å². The Morgan fingerprint density at radius 3 is 2.16 bits per heavy atom. The van der Waals surface area contributed by atoms with Gasteiger partial charge in [0.25, 0.3) is 0 Å². The first-order chi connectivity index (χ1) is 15.7. The van der Waals surface area contributed by atoms with E-state index in [-0.39, 0.29) is 0 Å². The lowest BCUT2D eigenvalue weighted by molar-refractivity contribution is 0.246. The molecule has 0 aromatic heterocycles. The topological polar surface area (TPSA) is 23.8 Å². The van der Waals surface area contributed by atoms with Crippen LogP contribution < -0.4 is 0 Å². The molecule has 174 valence electrons. The number of hydrogen-bond acceptors (Lipinski definition) is 1. The van der Waals surface area contributed by atoms with Crippen molar-refractivity contribution in [2.45, 2.75) is 103 Å². The van der Waals surface area contributed by atoms with Crippen molar-refractivity contribution in [1.29, 1.82) is 5.26 Å². The summed E-state index contributed by atoms with van der Waals surface area (Å²) in [6, 6.07) is 11.1. The van der Waals surface area contributed by atoms with Gasteiger partial charge in [-0.3, -0.25) is 0 Å². The lowest BCUT2D eigenvalue weighted by Crippen LogP contribution is -2.17. The van der Waals surface area contributed by atoms with E-state index < -0.39 is 5.83 Å². The van der Waals surface area contributed by atoms with Gasteiger partial charge in [0, 0.05) is 0 Å². The molecule has 2 aliphatic rings. The van der Waals surface area contributed by atoms with Crippen LogP contribution >= 0.6 is 0 Å². The minimum absolute atomic E-state index is 0.558. The van der Waals surface area contributed by atoms with Crippen LogP contribution in [0.15, 0.2) is 48.3 Å². The van der Waals surface area contributed by atoms with E-state index in [1.807, 2.05) is 0 Å². The first-order valence-electron chi connectivity index (χ1n) is 13.2. The van der Waals surface area contributed by atoms with Crippen molar-refractivity contribution < 1.29 is 4.39 Å². The summed E-state index contributed by atoms with van der Waals surface area (Å²) in [5, 5.41) is 8.46. The Labute approximate surface area is 195 Å². The van der Waals surface area contributed by atoms with Crippen LogP contribution in [0.4, 0.5) is 4.39 Å². The summed E-state index contributed by atoms with van der Waals surface area (Å²) < 4.78 is 12.9. The van der Waals surface area contributed by atoms with Crippen molar-refractivity contribution in [3.05, 3.63) is 59.4 Å². The molecule has 0 heterocycles. The van der Waals surface area contributed by atoms with Crippen molar-refractivity contribution in [2.75, 3.05) is 0 Å². The van der Waals surface area contributed by atoms with Crippen molar-refractivity contribution >= 4 is 0 Å². The smallest absolute Gasteiger partial charge is 0.195 e. The Bertz CT molecular complexity index is 753. The van der Waals surface area contributed by atoms with E-state index in [2.05, 4.69) is 37.3 Å². The monoisotopic (exact) mass is 435 g/mol. The lowest BCUT2D eigenvalue weighted by Gasteiger charge is -2.31. The third-order valence-corrected chi connectivity index (χ3v) is 7.97. The summed E-state index contributed by atoms with van der Waals surface area (Å²) in [4.78, 5) is 0. The van der Waals surface area contributed by atoms with E-state index in [9.17, 15) is 4.39 Å². The Hall–Kier alpha value is -1.88. The summed E-state index contributed by atoms with van der Waals surface area (Å²) >= 11 is 0. The number of unbranched alkanes of at least 4 members (excludes halogenated alkanes) is 2. The fraction of sp³-hybridized carbons (Fsp3) is 0.633. The maximum atomic E-state index is 12.9. The Morgan fingerprint density at radius 2 is 1.56 bits per heavy atom. The molecule has 1 aromatic carbocycles. The molecule has 1 nitrogen and oxygen atoms in total. The minimum Gasteiger partial charge on any atom is -0.195 e. The highest BCUT2D eigenvalue weighted by molar-refractivity contribution is 5.26. The van der Waals surface area contributed by atoms with Gasteiger partial charge in [-0.2, -0.15) is 9.65 Å². The number of allylic oxidation sites excluding steroid dienone is 4. The van der Waals surface area contributed by atoms with E-state index in [1.54, 1.807) is 11.6 Å². The molecule has 0 bridgehead atoms. The van der Waals surface area contributed by atoms with Gasteiger partial charge in [0.15, 0.2) is 5.83 Å². The van der Waals surface area contributed by atoms with Gasteiger partial charge >= 0.3 is 0 Å². The number of nitrogens with zero attached hydrogens (tertiary/aromatic N) is 1. The van der Waals surface area contributed by atoms with Crippen LogP contribution in [0, 0.1) is 29.1 Å². The number of rotatable bonds is 10. The van der Waals surface area contributed by atoms with Crippen LogP contribution in [-0.4, -0.2) is 0 Å². The Balaban J connectivity index is 1.32. The van der Waals surface area contributed by atoms with Gasteiger partial charge in [-0.1, -0.05) is 69.0 Å². The molecule has 0 radical (unpaired) electrons. The van der Waals surface area contributed by atoms with Gasteiger partial charge < -0.3 is 0 Å². The molecule has 0 aliphatic heterocycles. The number of hydrogen-bond donors (Lipinski definition) is 0. The standard InChI is InChI=1S/C30H42FN/c1-2-3-4-6-24-15-19-28(20-16-24)29-21-17-27(18-22-29)14-13-26-11-9-25(10-12-26)7-5-8-30(31)23-32/h5,7-8,15-16,19-20,25-27,29H,2-4,6,9-14,17-18,21-22H2,1H3/t25-,26-,27-,29-. The summed E-state index contributed by atoms with van der Waals surface area (Å²) in [5.41, 5.74) is 3.07. The molecule has 2 fully saturated rings. The first-order valence-corrected chi connectivity index (χ1v) is 13.2. The first kappa shape index (κ1) is 24.8. The van der Waals surface area contributed by atoms with E-state index in [0.29, 0.717) is 5.92 Å². The highest BCUT2D eigenvalue weighted by atomic mass is 19.1. The Kier molecular flexibility index (Phi) is 10.5. The molecule has 0 unspecified atom stereocenters. The molecular weight excluding hydrogens is 393 g/mol. The zero-order valence-corrected chi connectivity index (χ0v) is 20.1. The van der Waals surface area contributed by atoms with Crippen LogP contribution in [0.5, 0.6) is 0 Å². The molecule has 0 amide bonds. The molecule has 0 N–H and O–H groups in total. The zero-order valence-electron chi connectivity index (χ0n) is 20.1. The number of halogens is 1. The maximum Gasteiger partial charge on any atom is 0.199 e. The number of aryl methyl sites for hydroxylation is 1. The third kappa shape index (κ3) is 8.23. The van der Waals surface area contributed by atoms with Crippen LogP contribution in [-0.2, 0) is 6.42 Å². The summed E-state index contributed by atoms with van der Waals surface area (Å²) in [7, 11) is 0. The second kappa shape index (κ2) is 13.6. The molecule has 32 heavy (non-hydrogen) atoms. The third-order valence-electron chi connectivity index (χ3n) is 7.97. The highest BCUT2D eigenvalue weighted by Crippen LogP contribution is 2.40. The second-order valence-electron chi connectivity index (χ2n) is 10.3. The van der Waals surface area contributed by atoms with Gasteiger partial charge in [0.05, 0.1) is 0 Å². The fourth-order valence-corrected chi connectivity index (χ4v) is 5.80. The number of benzene rings is 1. The number of nitriles is 1. The average molecular weight is 436 g/mol. The van der Waals surface area contributed by atoms with Gasteiger partial charge in [0.1, 0.15) is 6.07 Å². The maximum absolute atomic E-state index is 12.9. The van der Waals surface area contributed by atoms with Crippen molar-refractivity contribution in [3.8, 4) is 6.07 Å². The molecule has 2 saturated carbocycles.